The van der Waals surface area contributed by atoms with Gasteiger partial charge in [0.15, 0.2) is 0 Å². The minimum absolute atomic E-state index is 0.0176. The summed E-state index contributed by atoms with van der Waals surface area (Å²) in [6.45, 7) is 5.65. The fourth-order valence-corrected chi connectivity index (χ4v) is 7.14. The second-order valence-electron chi connectivity index (χ2n) is 11.4. The number of aryl methyl sites for hydroxylation is 1. The Morgan fingerprint density at radius 1 is 0.870 bits per heavy atom. The lowest BCUT2D eigenvalue weighted by Crippen LogP contribution is -2.53. The average Bonchev–Trinajstić information content (AvgIpc) is 3.02. The van der Waals surface area contributed by atoms with Gasteiger partial charge in [0.1, 0.15) is 12.6 Å². The van der Waals surface area contributed by atoms with E-state index < -0.39 is 28.5 Å². The minimum Gasteiger partial charge on any atom is -0.354 e. The number of hydrogen-bond acceptors (Lipinski definition) is 4. The second kappa shape index (κ2) is 16.0. The molecule has 0 saturated carbocycles. The van der Waals surface area contributed by atoms with Crippen LogP contribution in [0.4, 0.5) is 5.69 Å². The van der Waals surface area contributed by atoms with Gasteiger partial charge in [-0.1, -0.05) is 113 Å². The summed E-state index contributed by atoms with van der Waals surface area (Å²) in [6, 6.07) is 26.6. The van der Waals surface area contributed by atoms with E-state index in [1.54, 1.807) is 18.2 Å². The average molecular weight is 746 g/mol. The molecule has 1 atom stereocenters. The van der Waals surface area contributed by atoms with E-state index in [0.29, 0.717) is 6.54 Å². The van der Waals surface area contributed by atoms with Crippen LogP contribution < -0.4 is 9.62 Å². The Hall–Kier alpha value is -3.37. The second-order valence-corrected chi connectivity index (χ2v) is 15.0. The molecule has 1 unspecified atom stereocenters. The molecule has 0 heterocycles. The molecule has 4 rings (SSSR count). The Bertz CT molecular complexity index is 1770. The van der Waals surface area contributed by atoms with Crippen LogP contribution in [0, 0.1) is 12.8 Å². The fourth-order valence-electron chi connectivity index (χ4n) is 4.84. The highest BCUT2D eigenvalue weighted by atomic mass is 79.9. The topological polar surface area (TPSA) is 86.8 Å². The number of nitrogens with zero attached hydrogens (tertiary/aromatic N) is 2. The molecular weight excluding hydrogens is 709 g/mol. The number of nitrogens with one attached hydrogen (secondary N) is 1. The summed E-state index contributed by atoms with van der Waals surface area (Å²) in [4.78, 5) is 29.9. The number of rotatable bonds is 13. The number of amides is 2. The molecule has 2 amide bonds. The highest BCUT2D eigenvalue weighted by molar-refractivity contribution is 9.10. The van der Waals surface area contributed by atoms with E-state index in [2.05, 4.69) is 21.2 Å². The molecule has 0 spiro atoms. The quantitative estimate of drug-likeness (QED) is 0.152. The van der Waals surface area contributed by atoms with E-state index in [0.717, 1.165) is 25.5 Å². The first-order chi connectivity index (χ1) is 21.8. The summed E-state index contributed by atoms with van der Waals surface area (Å²) < 4.78 is 30.2. The molecule has 0 radical (unpaired) electrons. The van der Waals surface area contributed by atoms with Crippen LogP contribution in [-0.2, 0) is 32.6 Å². The highest BCUT2D eigenvalue weighted by Crippen LogP contribution is 2.33. The maximum absolute atomic E-state index is 14.6. The number of sulfonamides is 1. The Kier molecular flexibility index (Phi) is 12.3. The number of carbonyl (C=O) groups is 2. The molecular formula is C35H36BrCl2N3O4S. The third-order valence-corrected chi connectivity index (χ3v) is 10.1. The highest BCUT2D eigenvalue weighted by Gasteiger charge is 2.35. The van der Waals surface area contributed by atoms with Crippen molar-refractivity contribution in [1.82, 2.24) is 10.2 Å². The van der Waals surface area contributed by atoms with Crippen LogP contribution >= 0.6 is 39.1 Å². The molecule has 0 bridgehead atoms. The Balaban J connectivity index is 1.83. The number of halogens is 3. The van der Waals surface area contributed by atoms with E-state index in [1.807, 2.05) is 75.4 Å². The Morgan fingerprint density at radius 2 is 1.54 bits per heavy atom. The zero-order valence-corrected chi connectivity index (χ0v) is 29.7. The smallest absolute Gasteiger partial charge is 0.264 e. The first-order valence-electron chi connectivity index (χ1n) is 14.7. The molecule has 46 heavy (non-hydrogen) atoms. The first kappa shape index (κ1) is 35.5. The van der Waals surface area contributed by atoms with Gasteiger partial charge in [-0.2, -0.15) is 0 Å². The summed E-state index contributed by atoms with van der Waals surface area (Å²) in [5, 5.41) is 3.33. The van der Waals surface area contributed by atoms with Gasteiger partial charge in [0.25, 0.3) is 10.0 Å². The zero-order chi connectivity index (χ0) is 33.4. The summed E-state index contributed by atoms with van der Waals surface area (Å²) >= 11 is 16.4. The van der Waals surface area contributed by atoms with Crippen molar-refractivity contribution < 1.29 is 18.0 Å². The van der Waals surface area contributed by atoms with Gasteiger partial charge < -0.3 is 10.2 Å². The van der Waals surface area contributed by atoms with Crippen molar-refractivity contribution in [2.45, 2.75) is 44.7 Å². The number of anilines is 1. The lowest BCUT2D eigenvalue weighted by Gasteiger charge is -2.34. The molecule has 0 aliphatic carbocycles. The van der Waals surface area contributed by atoms with Crippen LogP contribution in [0.1, 0.15) is 30.5 Å². The molecule has 0 saturated heterocycles. The van der Waals surface area contributed by atoms with Gasteiger partial charge in [-0.05, 0) is 66.4 Å². The van der Waals surface area contributed by atoms with Crippen molar-refractivity contribution >= 4 is 66.7 Å². The third-order valence-electron chi connectivity index (χ3n) is 7.26. The number of hydrogen-bond donors (Lipinski definition) is 1. The van der Waals surface area contributed by atoms with Crippen LogP contribution in [0.5, 0.6) is 0 Å². The van der Waals surface area contributed by atoms with Crippen LogP contribution in [0.25, 0.3) is 0 Å². The normalized spacial score (nSPS) is 12.1. The van der Waals surface area contributed by atoms with Gasteiger partial charge >= 0.3 is 0 Å². The third kappa shape index (κ3) is 9.35. The SMILES string of the molecule is Cc1ccc(S(=O)(=O)N(CC(=O)N(Cc2cccc(Br)c2)C(Cc2ccccc2)C(=O)NCC(C)C)c2cc(Cl)ccc2Cl)cc1. The van der Waals surface area contributed by atoms with E-state index in [9.17, 15) is 18.0 Å². The van der Waals surface area contributed by atoms with Crippen molar-refractivity contribution in [1.29, 1.82) is 0 Å². The molecule has 1 N–H and O–H groups in total. The van der Waals surface area contributed by atoms with Crippen molar-refractivity contribution in [2.75, 3.05) is 17.4 Å². The predicted molar refractivity (Wildman–Crippen MR) is 189 cm³/mol. The molecule has 0 aliphatic heterocycles. The monoisotopic (exact) mass is 743 g/mol. The Labute approximate surface area is 289 Å². The summed E-state index contributed by atoms with van der Waals surface area (Å²) in [5.41, 5.74) is 2.53. The van der Waals surface area contributed by atoms with Gasteiger partial charge in [0.2, 0.25) is 11.8 Å². The molecule has 0 aliphatic rings. The Morgan fingerprint density at radius 3 is 2.20 bits per heavy atom. The van der Waals surface area contributed by atoms with Gasteiger partial charge in [0, 0.05) is 29.0 Å². The first-order valence-corrected chi connectivity index (χ1v) is 17.7. The summed E-state index contributed by atoms with van der Waals surface area (Å²) in [7, 11) is -4.31. The van der Waals surface area contributed by atoms with Crippen molar-refractivity contribution in [3.05, 3.63) is 128 Å². The summed E-state index contributed by atoms with van der Waals surface area (Å²) in [5.74, 6) is -0.752. The molecule has 7 nitrogen and oxygen atoms in total. The van der Waals surface area contributed by atoms with Crippen LogP contribution in [0.2, 0.25) is 10.0 Å². The lowest BCUT2D eigenvalue weighted by atomic mass is 10.0. The van der Waals surface area contributed by atoms with Crippen molar-refractivity contribution in [3.8, 4) is 0 Å². The minimum atomic E-state index is -4.31. The molecule has 4 aromatic carbocycles. The number of benzene rings is 4. The molecule has 11 heteroatoms. The van der Waals surface area contributed by atoms with Crippen molar-refractivity contribution in [3.63, 3.8) is 0 Å². The van der Waals surface area contributed by atoms with E-state index in [-0.39, 0.29) is 45.4 Å². The molecule has 4 aromatic rings. The van der Waals surface area contributed by atoms with E-state index in [1.165, 1.54) is 29.2 Å². The van der Waals surface area contributed by atoms with Gasteiger partial charge in [-0.3, -0.25) is 13.9 Å². The molecule has 242 valence electrons. The largest absolute Gasteiger partial charge is 0.354 e. The number of carbonyl (C=O) groups excluding carboxylic acids is 2. The van der Waals surface area contributed by atoms with Gasteiger partial charge in [-0.25, -0.2) is 8.42 Å². The van der Waals surface area contributed by atoms with E-state index >= 15 is 0 Å². The van der Waals surface area contributed by atoms with Gasteiger partial charge in [-0.15, -0.1) is 0 Å². The summed E-state index contributed by atoms with van der Waals surface area (Å²) in [6.07, 6.45) is 0.215. The van der Waals surface area contributed by atoms with Crippen LogP contribution in [-0.4, -0.2) is 44.3 Å². The molecule has 0 aromatic heterocycles. The standard InChI is InChI=1S/C35H36BrCl2N3O4S/c1-24(2)21-39-35(43)33(19-26-8-5-4-6-9-26)40(22-27-10-7-11-28(36)18-27)34(42)23-41(32-20-29(37)14-17-31(32)38)46(44,45)30-15-12-25(3)13-16-30/h4-18,20,24,33H,19,21-23H2,1-3H3,(H,39,43). The van der Waals surface area contributed by atoms with E-state index in [4.69, 9.17) is 23.2 Å². The fraction of sp³-hybridized carbons (Fsp3) is 0.257. The zero-order valence-electron chi connectivity index (χ0n) is 25.8. The van der Waals surface area contributed by atoms with Gasteiger partial charge in [0.05, 0.1) is 15.6 Å². The molecule has 0 fully saturated rings. The lowest BCUT2D eigenvalue weighted by molar-refractivity contribution is -0.140. The predicted octanol–water partition coefficient (Wildman–Crippen LogP) is 7.67. The van der Waals surface area contributed by atoms with Crippen molar-refractivity contribution in [2.24, 2.45) is 5.92 Å². The maximum Gasteiger partial charge on any atom is 0.264 e. The maximum atomic E-state index is 14.6. The van der Waals surface area contributed by atoms with Crippen LogP contribution in [0.15, 0.2) is 106 Å². The van der Waals surface area contributed by atoms with Crippen LogP contribution in [0.3, 0.4) is 0 Å².